The Hall–Kier alpha value is -0.570. The van der Waals surface area contributed by atoms with Crippen LogP contribution in [-0.4, -0.2) is 17.1 Å². The molecule has 9 heavy (non-hydrogen) atoms. The van der Waals surface area contributed by atoms with Crippen LogP contribution in [0.5, 0.6) is 0 Å². The van der Waals surface area contributed by atoms with E-state index in [4.69, 9.17) is 20.4 Å². The van der Waals surface area contributed by atoms with Gasteiger partial charge in [-0.25, -0.2) is 0 Å². The number of carboxylic acid groups (broad SMARTS) is 1. The van der Waals surface area contributed by atoms with Crippen molar-refractivity contribution in [2.45, 2.75) is 26.1 Å². The molecule has 0 unspecified atom stereocenters. The third-order valence-electron chi connectivity index (χ3n) is 0.699. The molecule has 3 N–H and O–H groups in total. The minimum absolute atomic E-state index is 0.963. The first-order valence-corrected chi connectivity index (χ1v) is 2.31. The molecule has 0 aliphatic heterocycles. The number of aliphatic carboxylic acids is 1. The summed E-state index contributed by atoms with van der Waals surface area (Å²) in [5.74, 6) is -3.69. The predicted molar refractivity (Wildman–Crippen MR) is 35.1 cm³/mol. The topological polar surface area (TPSA) is 63.3 Å². The fraction of sp³-hybridized carbons (Fsp3) is 0.833. The maximum absolute atomic E-state index is 10.5. The third-order valence-corrected chi connectivity index (χ3v) is 0.699. The van der Waals surface area contributed by atoms with Crippen LogP contribution in [0.25, 0.3) is 0 Å². The molecule has 1 atom stereocenters. The highest BCUT2D eigenvalue weighted by molar-refractivity contribution is 5.72. The first-order chi connectivity index (χ1) is 6.78. The van der Waals surface area contributed by atoms with E-state index < -0.39 is 38.0 Å². The average molecular weight is 141 g/mol. The first-order valence-electron chi connectivity index (χ1n) is 5.81. The molecule has 0 aliphatic carbocycles. The lowest BCUT2D eigenvalue weighted by atomic mass is 10.3. The van der Waals surface area contributed by atoms with E-state index in [1.165, 1.54) is 0 Å². The molecule has 0 bridgehead atoms. The van der Waals surface area contributed by atoms with Crippen LogP contribution in [0.2, 0.25) is 0 Å². The highest BCUT2D eigenvalue weighted by Crippen LogP contribution is 2.01. The Bertz CT molecular complexity index is 255. The van der Waals surface area contributed by atoms with Crippen molar-refractivity contribution in [1.82, 2.24) is 0 Å². The van der Waals surface area contributed by atoms with Crippen LogP contribution >= 0.6 is 0 Å². The van der Waals surface area contributed by atoms with Gasteiger partial charge in [0, 0.05) is 8.22 Å². The number of rotatable bonds is 3. The lowest BCUT2D eigenvalue weighted by molar-refractivity contribution is -0.138. The van der Waals surface area contributed by atoms with Gasteiger partial charge < -0.3 is 10.8 Å². The van der Waals surface area contributed by atoms with Gasteiger partial charge >= 0.3 is 5.97 Å². The van der Waals surface area contributed by atoms with Gasteiger partial charge in [0.25, 0.3) is 0 Å². The van der Waals surface area contributed by atoms with Gasteiger partial charge in [0.1, 0.15) is 6.02 Å². The summed E-state index contributed by atoms with van der Waals surface area (Å²) in [7, 11) is 0. The van der Waals surface area contributed by atoms with E-state index in [1.807, 2.05) is 0 Å². The molecule has 0 aromatic carbocycles. The summed E-state index contributed by atoms with van der Waals surface area (Å²) in [5.41, 5.74) is 5.02. The van der Waals surface area contributed by atoms with Gasteiger partial charge in [-0.2, -0.15) is 0 Å². The highest BCUT2D eigenvalue weighted by Gasteiger charge is 2.11. The minimum atomic E-state index is -2.88. The van der Waals surface area contributed by atoms with Gasteiger partial charge in [0.05, 0.1) is 1.37 Å². The number of nitrogens with two attached hydrogens (primary N) is 1. The maximum atomic E-state index is 10.5. The molecule has 0 aromatic rings. The molecule has 3 nitrogen and oxygen atoms in total. The van der Waals surface area contributed by atoms with E-state index >= 15 is 0 Å². The fourth-order valence-electron chi connectivity index (χ4n) is 0.307. The second-order valence-corrected chi connectivity index (χ2v) is 1.59. The van der Waals surface area contributed by atoms with Crippen molar-refractivity contribution < 1.29 is 19.5 Å². The smallest absolute Gasteiger partial charge is 0.320 e. The van der Waals surface area contributed by atoms with Crippen molar-refractivity contribution >= 4 is 5.97 Å². The SMILES string of the molecule is [2H][13C]([2H])([2H])C(C[13C@@]([2H])(N)C(=O)O)[13C]([2H])([2H])[2H]. The Kier molecular flexibility index (Phi) is 0.858. The Balaban J connectivity index is 5.06. The van der Waals surface area contributed by atoms with E-state index in [1.54, 1.807) is 0 Å². The molecule has 0 amide bonds. The Labute approximate surface area is 64.7 Å². The summed E-state index contributed by atoms with van der Waals surface area (Å²) in [6, 6.07) is -2.62. The van der Waals surface area contributed by atoms with Gasteiger partial charge in [-0.15, -0.1) is 0 Å². The molecular weight excluding hydrogens is 121 g/mol. The van der Waals surface area contributed by atoms with Crippen molar-refractivity contribution in [2.75, 3.05) is 0 Å². The van der Waals surface area contributed by atoms with Crippen molar-refractivity contribution in [3.05, 3.63) is 0 Å². The lowest BCUT2D eigenvalue weighted by Crippen LogP contribution is -2.31. The predicted octanol–water partition coefficient (Wildman–Crippen LogP) is 0.444. The van der Waals surface area contributed by atoms with Crippen molar-refractivity contribution in [3.8, 4) is 0 Å². The summed E-state index contributed by atoms with van der Waals surface area (Å²) in [6.07, 6.45) is -0.963. The number of carbonyl (C=O) groups is 1. The van der Waals surface area contributed by atoms with Crippen LogP contribution in [-0.2, 0) is 4.79 Å². The largest absolute Gasteiger partial charge is 0.480 e. The monoisotopic (exact) mass is 141 g/mol. The van der Waals surface area contributed by atoms with Crippen LogP contribution in [0.1, 0.15) is 29.7 Å². The first kappa shape index (κ1) is 2.23. The van der Waals surface area contributed by atoms with E-state index in [2.05, 4.69) is 0 Å². The molecule has 3 heteroatoms. The molecule has 0 aliphatic rings. The van der Waals surface area contributed by atoms with Gasteiger partial charge in [0.2, 0.25) is 0 Å². The minimum Gasteiger partial charge on any atom is -0.480 e. The second-order valence-electron chi connectivity index (χ2n) is 1.59. The van der Waals surface area contributed by atoms with Gasteiger partial charge in [-0.1, -0.05) is 13.7 Å². The van der Waals surface area contributed by atoms with E-state index in [0.29, 0.717) is 0 Å². The molecule has 54 valence electrons. The average Bonchev–Trinajstić information content (AvgIpc) is 1.95. The number of carboxylic acids is 1. The standard InChI is InChI=1S/C6H13NO2/c1-4(2)3-5(7)6(8)9/h4-5H,3,7H2,1-2H3,(H,8,9)/t5-/m1/s1/i1+1D3,2+1D3,5+1D. The molecule has 0 spiro atoms. The lowest BCUT2D eigenvalue weighted by Gasteiger charge is -2.07. The van der Waals surface area contributed by atoms with Crippen LogP contribution < -0.4 is 5.73 Å². The summed E-state index contributed by atoms with van der Waals surface area (Å²) < 4.78 is 49.2. The molecule has 0 radical (unpaired) electrons. The molecule has 0 saturated carbocycles. The Morgan fingerprint density at radius 2 is 2.56 bits per heavy atom. The molecular formula is C6H13NO2. The number of hydrogen-bond donors (Lipinski definition) is 2. The summed E-state index contributed by atoms with van der Waals surface area (Å²) in [4.78, 5) is 10.5. The molecule has 0 rings (SSSR count). The van der Waals surface area contributed by atoms with E-state index in [-0.39, 0.29) is 0 Å². The van der Waals surface area contributed by atoms with Crippen LogP contribution in [0, 0.1) is 5.92 Å². The van der Waals surface area contributed by atoms with Crippen molar-refractivity contribution in [1.29, 1.82) is 0 Å². The zero-order valence-electron chi connectivity index (χ0n) is 11.7. The molecule has 0 aromatic heterocycles. The maximum Gasteiger partial charge on any atom is 0.320 e. The Morgan fingerprint density at radius 1 is 2.00 bits per heavy atom. The third kappa shape index (κ3) is 3.97. The second kappa shape index (κ2) is 3.45. The summed E-state index contributed by atoms with van der Waals surface area (Å²) >= 11 is 0. The van der Waals surface area contributed by atoms with E-state index in [9.17, 15) is 4.79 Å². The van der Waals surface area contributed by atoms with Crippen molar-refractivity contribution in [2.24, 2.45) is 11.7 Å². The van der Waals surface area contributed by atoms with Gasteiger partial charge in [-0.3, -0.25) is 4.79 Å². The van der Waals surface area contributed by atoms with Crippen LogP contribution in [0.15, 0.2) is 0 Å². The van der Waals surface area contributed by atoms with Crippen molar-refractivity contribution in [3.63, 3.8) is 0 Å². The van der Waals surface area contributed by atoms with Crippen LogP contribution in [0.3, 0.4) is 0 Å². The zero-order chi connectivity index (χ0) is 13.4. The quantitative estimate of drug-likeness (QED) is 0.561. The van der Waals surface area contributed by atoms with Crippen LogP contribution in [0.4, 0.5) is 0 Å². The zero-order valence-corrected chi connectivity index (χ0v) is 4.72. The summed E-state index contributed by atoms with van der Waals surface area (Å²) in [6.45, 7) is -5.77. The fourth-order valence-corrected chi connectivity index (χ4v) is 0.307. The molecule has 0 fully saturated rings. The van der Waals surface area contributed by atoms with Gasteiger partial charge in [0.15, 0.2) is 0 Å². The van der Waals surface area contributed by atoms with Gasteiger partial charge in [-0.05, 0) is 12.3 Å². The Morgan fingerprint density at radius 3 is 2.89 bits per heavy atom. The summed E-state index contributed by atoms with van der Waals surface area (Å²) in [5, 5.41) is 8.54. The molecule has 0 heterocycles. The van der Waals surface area contributed by atoms with E-state index in [0.717, 1.165) is 0 Å². The highest BCUT2D eigenvalue weighted by atomic mass is 16.4. The molecule has 0 saturated heterocycles. The normalized spacial score (nSPS) is 31.6. The number of hydrogen-bond acceptors (Lipinski definition) is 2.